The van der Waals surface area contributed by atoms with Crippen molar-refractivity contribution in [1.82, 2.24) is 9.88 Å². The molecule has 27 heavy (non-hydrogen) atoms. The molecule has 1 aromatic rings. The van der Waals surface area contributed by atoms with Crippen LogP contribution in [0.5, 0.6) is 0 Å². The van der Waals surface area contributed by atoms with E-state index in [9.17, 15) is 4.79 Å². The number of carbonyl (C=O) groups is 1. The Hall–Kier alpha value is -1.62. The van der Waals surface area contributed by atoms with Crippen molar-refractivity contribution < 1.29 is 4.79 Å². The lowest BCUT2D eigenvalue weighted by Crippen LogP contribution is -2.44. The standard InChI is InChI=1S/C22H36N4O/c1-2-25(21(27)16-22(18-23)11-5-3-6-12-22)17-19-9-14-26(15-10-19)20-8-4-7-13-24-20/h4,7-8,13,19H,2-3,5-6,9-12,14-18,23H2,1H3. The van der Waals surface area contributed by atoms with Crippen LogP contribution in [0, 0.1) is 11.3 Å². The molecule has 0 atom stereocenters. The van der Waals surface area contributed by atoms with Crippen molar-refractivity contribution in [2.24, 2.45) is 17.1 Å². The summed E-state index contributed by atoms with van der Waals surface area (Å²) in [6.45, 7) is 6.52. The van der Waals surface area contributed by atoms with Crippen molar-refractivity contribution in [3.05, 3.63) is 24.4 Å². The highest BCUT2D eigenvalue weighted by Gasteiger charge is 2.34. The zero-order valence-electron chi connectivity index (χ0n) is 16.9. The molecule has 150 valence electrons. The predicted octanol–water partition coefficient (Wildman–Crippen LogP) is 3.45. The van der Waals surface area contributed by atoms with Crippen LogP contribution in [0.25, 0.3) is 0 Å². The Morgan fingerprint density at radius 2 is 2.00 bits per heavy atom. The second-order valence-corrected chi connectivity index (χ2v) is 8.49. The van der Waals surface area contributed by atoms with Gasteiger partial charge in [0.25, 0.3) is 0 Å². The van der Waals surface area contributed by atoms with Gasteiger partial charge in [-0.25, -0.2) is 4.98 Å². The molecule has 2 N–H and O–H groups in total. The Morgan fingerprint density at radius 1 is 1.26 bits per heavy atom. The molecule has 1 aliphatic heterocycles. The molecule has 0 aromatic carbocycles. The van der Waals surface area contributed by atoms with E-state index in [0.29, 0.717) is 24.8 Å². The molecule has 1 saturated carbocycles. The molecule has 2 aliphatic rings. The number of nitrogens with zero attached hydrogens (tertiary/aromatic N) is 3. The van der Waals surface area contributed by atoms with Crippen LogP contribution in [0.1, 0.15) is 58.3 Å². The van der Waals surface area contributed by atoms with Gasteiger partial charge in [-0.2, -0.15) is 0 Å². The third-order valence-electron chi connectivity index (χ3n) is 6.67. The lowest BCUT2D eigenvalue weighted by molar-refractivity contribution is -0.134. The van der Waals surface area contributed by atoms with E-state index in [4.69, 9.17) is 5.73 Å². The first-order valence-corrected chi connectivity index (χ1v) is 10.8. The second-order valence-electron chi connectivity index (χ2n) is 8.49. The normalized spacial score (nSPS) is 20.4. The van der Waals surface area contributed by atoms with E-state index in [1.807, 2.05) is 18.3 Å². The zero-order chi connectivity index (χ0) is 19.1. The van der Waals surface area contributed by atoms with Gasteiger partial charge in [0, 0.05) is 38.8 Å². The molecule has 2 heterocycles. The topological polar surface area (TPSA) is 62.5 Å². The third-order valence-corrected chi connectivity index (χ3v) is 6.67. The Kier molecular flexibility index (Phi) is 7.11. The first-order valence-electron chi connectivity index (χ1n) is 10.8. The quantitative estimate of drug-likeness (QED) is 0.796. The molecule has 2 fully saturated rings. The molecule has 0 spiro atoms. The van der Waals surface area contributed by atoms with Gasteiger partial charge < -0.3 is 15.5 Å². The summed E-state index contributed by atoms with van der Waals surface area (Å²) in [6, 6.07) is 6.09. The van der Waals surface area contributed by atoms with Gasteiger partial charge in [-0.05, 0) is 62.6 Å². The molecule has 5 heteroatoms. The first-order chi connectivity index (χ1) is 13.2. The average molecular weight is 373 g/mol. The van der Waals surface area contributed by atoms with Crippen LogP contribution in [-0.4, -0.2) is 48.5 Å². The minimum Gasteiger partial charge on any atom is -0.357 e. The van der Waals surface area contributed by atoms with Crippen molar-refractivity contribution in [2.45, 2.75) is 58.3 Å². The van der Waals surface area contributed by atoms with E-state index in [1.165, 1.54) is 19.3 Å². The fourth-order valence-corrected chi connectivity index (χ4v) is 4.79. The van der Waals surface area contributed by atoms with Crippen LogP contribution in [0.4, 0.5) is 5.82 Å². The molecule has 1 saturated heterocycles. The smallest absolute Gasteiger partial charge is 0.223 e. The Labute approximate surface area is 164 Å². The lowest BCUT2D eigenvalue weighted by atomic mass is 9.71. The van der Waals surface area contributed by atoms with Gasteiger partial charge in [0.2, 0.25) is 5.91 Å². The van der Waals surface area contributed by atoms with Gasteiger partial charge in [0.1, 0.15) is 5.82 Å². The van der Waals surface area contributed by atoms with Gasteiger partial charge in [-0.15, -0.1) is 0 Å². The molecule has 0 radical (unpaired) electrons. The zero-order valence-corrected chi connectivity index (χ0v) is 16.9. The van der Waals surface area contributed by atoms with E-state index in [1.54, 1.807) is 0 Å². The van der Waals surface area contributed by atoms with Gasteiger partial charge in [-0.1, -0.05) is 25.3 Å². The Bertz CT molecular complexity index is 577. The number of anilines is 1. The van der Waals surface area contributed by atoms with Crippen molar-refractivity contribution >= 4 is 11.7 Å². The highest BCUT2D eigenvalue weighted by Crippen LogP contribution is 2.39. The SMILES string of the molecule is CCN(CC1CCN(c2ccccn2)CC1)C(=O)CC1(CN)CCCCC1. The third kappa shape index (κ3) is 5.22. The minimum atomic E-state index is 0.0606. The molecule has 3 rings (SSSR count). The molecule has 1 aliphatic carbocycles. The van der Waals surface area contributed by atoms with Gasteiger partial charge in [-0.3, -0.25) is 4.79 Å². The number of amides is 1. The molecular formula is C22H36N4O. The largest absolute Gasteiger partial charge is 0.357 e. The molecule has 1 amide bonds. The maximum Gasteiger partial charge on any atom is 0.223 e. The molecular weight excluding hydrogens is 336 g/mol. The molecule has 1 aromatic heterocycles. The summed E-state index contributed by atoms with van der Waals surface area (Å²) >= 11 is 0. The number of pyridine rings is 1. The molecule has 5 nitrogen and oxygen atoms in total. The van der Waals surface area contributed by atoms with Crippen molar-refractivity contribution in [2.75, 3.05) is 37.6 Å². The summed E-state index contributed by atoms with van der Waals surface area (Å²) < 4.78 is 0. The summed E-state index contributed by atoms with van der Waals surface area (Å²) in [5, 5.41) is 0. The number of hydrogen-bond acceptors (Lipinski definition) is 4. The van der Waals surface area contributed by atoms with Crippen LogP contribution >= 0.6 is 0 Å². The predicted molar refractivity (Wildman–Crippen MR) is 111 cm³/mol. The lowest BCUT2D eigenvalue weighted by Gasteiger charge is -2.39. The maximum absolute atomic E-state index is 13.0. The Balaban J connectivity index is 1.50. The Morgan fingerprint density at radius 3 is 2.59 bits per heavy atom. The van der Waals surface area contributed by atoms with Gasteiger partial charge >= 0.3 is 0 Å². The number of aromatic nitrogens is 1. The van der Waals surface area contributed by atoms with Crippen LogP contribution in [0.2, 0.25) is 0 Å². The summed E-state index contributed by atoms with van der Waals surface area (Å²) in [6.07, 6.45) is 10.7. The molecule has 0 unspecified atom stereocenters. The number of piperidine rings is 1. The van der Waals surface area contributed by atoms with Crippen LogP contribution in [0.15, 0.2) is 24.4 Å². The summed E-state index contributed by atoms with van der Waals surface area (Å²) in [5.74, 6) is 1.98. The average Bonchev–Trinajstić information content (AvgIpc) is 2.73. The van der Waals surface area contributed by atoms with E-state index in [-0.39, 0.29) is 5.41 Å². The summed E-state index contributed by atoms with van der Waals surface area (Å²) in [7, 11) is 0. The monoisotopic (exact) mass is 372 g/mol. The minimum absolute atomic E-state index is 0.0606. The molecule has 0 bridgehead atoms. The first kappa shape index (κ1) is 20.1. The van der Waals surface area contributed by atoms with E-state index in [2.05, 4.69) is 27.8 Å². The second kappa shape index (κ2) is 9.54. The van der Waals surface area contributed by atoms with Crippen molar-refractivity contribution in [3.63, 3.8) is 0 Å². The van der Waals surface area contributed by atoms with Gasteiger partial charge in [0.15, 0.2) is 0 Å². The van der Waals surface area contributed by atoms with Crippen LogP contribution < -0.4 is 10.6 Å². The van der Waals surface area contributed by atoms with Crippen LogP contribution in [-0.2, 0) is 4.79 Å². The summed E-state index contributed by atoms with van der Waals surface area (Å²) in [4.78, 5) is 21.9. The van der Waals surface area contributed by atoms with E-state index in [0.717, 1.165) is 57.7 Å². The fraction of sp³-hybridized carbons (Fsp3) is 0.727. The number of rotatable bonds is 7. The number of hydrogen-bond donors (Lipinski definition) is 1. The van der Waals surface area contributed by atoms with Crippen LogP contribution in [0.3, 0.4) is 0 Å². The van der Waals surface area contributed by atoms with Crippen molar-refractivity contribution in [3.8, 4) is 0 Å². The summed E-state index contributed by atoms with van der Waals surface area (Å²) in [5.41, 5.74) is 6.16. The highest BCUT2D eigenvalue weighted by atomic mass is 16.2. The maximum atomic E-state index is 13.0. The number of nitrogens with two attached hydrogens (primary N) is 1. The van der Waals surface area contributed by atoms with E-state index < -0.39 is 0 Å². The number of carbonyl (C=O) groups excluding carboxylic acids is 1. The van der Waals surface area contributed by atoms with Crippen molar-refractivity contribution in [1.29, 1.82) is 0 Å². The fourth-order valence-electron chi connectivity index (χ4n) is 4.79. The highest BCUT2D eigenvalue weighted by molar-refractivity contribution is 5.77. The van der Waals surface area contributed by atoms with Gasteiger partial charge in [0.05, 0.1) is 0 Å². The van der Waals surface area contributed by atoms with E-state index >= 15 is 0 Å².